The van der Waals surface area contributed by atoms with Gasteiger partial charge in [0, 0.05) is 44.8 Å². The highest BCUT2D eigenvalue weighted by Crippen LogP contribution is 2.34. The van der Waals surface area contributed by atoms with E-state index in [4.69, 9.17) is 21.1 Å². The van der Waals surface area contributed by atoms with Gasteiger partial charge in [-0.3, -0.25) is 19.3 Å². The van der Waals surface area contributed by atoms with Crippen LogP contribution in [0.5, 0.6) is 11.5 Å². The zero-order chi connectivity index (χ0) is 27.7. The number of hydrogen-bond donors (Lipinski definition) is 0. The Kier molecular flexibility index (Phi) is 7.59. The summed E-state index contributed by atoms with van der Waals surface area (Å²) in [6.07, 6.45) is 0. The van der Waals surface area contributed by atoms with Crippen LogP contribution in [0.4, 0.5) is 5.69 Å². The van der Waals surface area contributed by atoms with Crippen molar-refractivity contribution in [1.82, 2.24) is 4.90 Å². The zero-order valence-corrected chi connectivity index (χ0v) is 23.6. The number of carbonyl (C=O) groups is 3. The zero-order valence-electron chi connectivity index (χ0n) is 21.2. The van der Waals surface area contributed by atoms with E-state index >= 15 is 0 Å². The summed E-state index contributed by atoms with van der Waals surface area (Å²) in [7, 11) is 1.47. The van der Waals surface area contributed by atoms with Crippen LogP contribution in [0.1, 0.15) is 38.0 Å². The number of ether oxygens (including phenoxy) is 2. The fourth-order valence-electron chi connectivity index (χ4n) is 4.74. The number of halogens is 2. The Morgan fingerprint density at radius 3 is 2.38 bits per heavy atom. The predicted molar refractivity (Wildman–Crippen MR) is 154 cm³/mol. The van der Waals surface area contributed by atoms with Crippen LogP contribution in [0, 0.1) is 0 Å². The van der Waals surface area contributed by atoms with Gasteiger partial charge in [0.2, 0.25) is 0 Å². The second-order valence-corrected chi connectivity index (χ2v) is 10.1. The second-order valence-electron chi connectivity index (χ2n) is 8.81. The first-order chi connectivity index (χ1) is 18.8. The van der Waals surface area contributed by atoms with Crippen molar-refractivity contribution < 1.29 is 23.9 Å². The van der Waals surface area contributed by atoms with Crippen LogP contribution in [0.2, 0.25) is 5.02 Å². The number of nitrogens with zero attached hydrogens (tertiary/aromatic N) is 2. The van der Waals surface area contributed by atoms with Gasteiger partial charge in [-0.2, -0.15) is 0 Å². The number of anilines is 1. The van der Waals surface area contributed by atoms with Crippen molar-refractivity contribution in [3.05, 3.63) is 99.0 Å². The molecule has 0 saturated carbocycles. The van der Waals surface area contributed by atoms with Crippen LogP contribution >= 0.6 is 27.5 Å². The quantitative estimate of drug-likeness (QED) is 0.211. The summed E-state index contributed by atoms with van der Waals surface area (Å²) in [5, 5.41) is 1.80. The second kappa shape index (κ2) is 11.1. The van der Waals surface area contributed by atoms with E-state index in [1.54, 1.807) is 60.7 Å². The maximum Gasteiger partial charge on any atom is 0.262 e. The molecule has 1 aliphatic rings. The van der Waals surface area contributed by atoms with Gasteiger partial charge in [0.15, 0.2) is 0 Å². The van der Waals surface area contributed by atoms with E-state index in [-0.39, 0.29) is 24.6 Å². The van der Waals surface area contributed by atoms with Gasteiger partial charge in [-0.15, -0.1) is 0 Å². The highest BCUT2D eigenvalue weighted by molar-refractivity contribution is 9.10. The number of methoxy groups -OCH3 is 1. The normalized spacial score (nSPS) is 12.6. The third-order valence-corrected chi connectivity index (χ3v) is 7.51. The summed E-state index contributed by atoms with van der Waals surface area (Å²) in [4.78, 5) is 43.6. The lowest BCUT2D eigenvalue weighted by Crippen LogP contribution is -2.46. The number of rotatable bonds is 8. The van der Waals surface area contributed by atoms with Crippen molar-refractivity contribution in [2.45, 2.75) is 6.92 Å². The number of hydrogen-bond acceptors (Lipinski definition) is 5. The Labute approximate surface area is 239 Å². The largest absolute Gasteiger partial charge is 0.496 e. The number of carbonyl (C=O) groups excluding carboxylic acids is 3. The summed E-state index contributed by atoms with van der Waals surface area (Å²) >= 11 is 9.72. The van der Waals surface area contributed by atoms with Crippen molar-refractivity contribution in [1.29, 1.82) is 0 Å². The first-order valence-electron chi connectivity index (χ1n) is 12.3. The molecule has 1 heterocycles. The number of amides is 3. The maximum atomic E-state index is 13.9. The van der Waals surface area contributed by atoms with Crippen LogP contribution in [-0.2, 0) is 0 Å². The molecule has 0 unspecified atom stereocenters. The SMILES string of the molecule is CCOc1ccc(N(CCN2C(=O)c3cccc4c(Br)ccc(c34)C2=O)C(=O)c2cc(Cl)ccc2OC)cc1. The molecule has 0 aromatic heterocycles. The molecule has 4 aromatic carbocycles. The molecular formula is C30H24BrClN2O5. The van der Waals surface area contributed by atoms with Crippen molar-refractivity contribution in [3.8, 4) is 11.5 Å². The molecule has 3 amide bonds. The summed E-state index contributed by atoms with van der Waals surface area (Å²) in [6.45, 7) is 2.41. The Morgan fingerprint density at radius 2 is 1.69 bits per heavy atom. The maximum absolute atomic E-state index is 13.9. The van der Waals surface area contributed by atoms with E-state index in [9.17, 15) is 14.4 Å². The molecule has 1 aliphatic heterocycles. The molecule has 0 radical (unpaired) electrons. The standard InChI is InChI=1S/C30H24BrClN2O5/c1-3-39-20-10-8-19(9-11-20)33(30(37)24-17-18(32)7-14-26(24)38-2)15-16-34-28(35)22-6-4-5-21-25(31)13-12-23(27(21)22)29(34)36/h4-14,17H,3,15-16H2,1-2H3. The van der Waals surface area contributed by atoms with Crippen LogP contribution in [0.3, 0.4) is 0 Å². The number of benzene rings is 4. The molecule has 39 heavy (non-hydrogen) atoms. The third kappa shape index (κ3) is 4.97. The van der Waals surface area contributed by atoms with E-state index in [2.05, 4.69) is 15.9 Å². The molecule has 0 saturated heterocycles. The van der Waals surface area contributed by atoms with Crippen LogP contribution in [-0.4, -0.2) is 49.4 Å². The molecule has 0 bridgehead atoms. The topological polar surface area (TPSA) is 76.2 Å². The predicted octanol–water partition coefficient (Wildman–Crippen LogP) is 6.61. The average Bonchev–Trinajstić information content (AvgIpc) is 2.95. The van der Waals surface area contributed by atoms with Gasteiger partial charge in [0.05, 0.1) is 19.3 Å². The van der Waals surface area contributed by atoms with Crippen molar-refractivity contribution in [2.75, 3.05) is 31.7 Å². The molecule has 4 aromatic rings. The first-order valence-corrected chi connectivity index (χ1v) is 13.5. The van der Waals surface area contributed by atoms with Gasteiger partial charge in [0.1, 0.15) is 11.5 Å². The Balaban J connectivity index is 1.50. The smallest absolute Gasteiger partial charge is 0.262 e. The third-order valence-electron chi connectivity index (χ3n) is 6.58. The van der Waals surface area contributed by atoms with Gasteiger partial charge in [-0.05, 0) is 73.0 Å². The minimum atomic E-state index is -0.407. The Morgan fingerprint density at radius 1 is 0.974 bits per heavy atom. The molecule has 7 nitrogen and oxygen atoms in total. The van der Waals surface area contributed by atoms with E-state index in [0.29, 0.717) is 45.3 Å². The van der Waals surface area contributed by atoms with Gasteiger partial charge in [-0.1, -0.05) is 39.7 Å². The Hall–Kier alpha value is -3.88. The molecule has 9 heteroatoms. The van der Waals surface area contributed by atoms with Crippen LogP contribution in [0.25, 0.3) is 10.8 Å². The van der Waals surface area contributed by atoms with Crippen molar-refractivity contribution >= 4 is 61.7 Å². The summed E-state index contributed by atoms with van der Waals surface area (Å²) in [5.41, 5.74) is 1.71. The molecule has 5 rings (SSSR count). The lowest BCUT2D eigenvalue weighted by molar-refractivity contribution is 0.0611. The van der Waals surface area contributed by atoms with E-state index in [1.807, 2.05) is 13.0 Å². The molecule has 0 spiro atoms. The molecule has 0 atom stereocenters. The Bertz CT molecular complexity index is 1580. The molecular weight excluding hydrogens is 584 g/mol. The van der Waals surface area contributed by atoms with E-state index < -0.39 is 11.8 Å². The average molecular weight is 608 g/mol. The molecule has 0 N–H and O–H groups in total. The van der Waals surface area contributed by atoms with Gasteiger partial charge >= 0.3 is 0 Å². The number of imide groups is 1. The summed E-state index contributed by atoms with van der Waals surface area (Å²) in [6, 6.07) is 20.7. The van der Waals surface area contributed by atoms with Crippen molar-refractivity contribution in [3.63, 3.8) is 0 Å². The minimum absolute atomic E-state index is 0.0224. The lowest BCUT2D eigenvalue weighted by atomic mass is 9.94. The molecule has 0 aliphatic carbocycles. The lowest BCUT2D eigenvalue weighted by Gasteiger charge is -2.30. The molecule has 198 valence electrons. The van der Waals surface area contributed by atoms with Crippen molar-refractivity contribution in [2.24, 2.45) is 0 Å². The highest BCUT2D eigenvalue weighted by atomic mass is 79.9. The van der Waals surface area contributed by atoms with Gasteiger partial charge in [-0.25, -0.2) is 0 Å². The van der Waals surface area contributed by atoms with E-state index in [0.717, 1.165) is 9.86 Å². The highest BCUT2D eigenvalue weighted by Gasteiger charge is 2.34. The molecule has 0 fully saturated rings. The fourth-order valence-corrected chi connectivity index (χ4v) is 5.38. The first kappa shape index (κ1) is 26.7. The monoisotopic (exact) mass is 606 g/mol. The minimum Gasteiger partial charge on any atom is -0.496 e. The fraction of sp³-hybridized carbons (Fsp3) is 0.167. The van der Waals surface area contributed by atoms with Gasteiger partial charge in [0.25, 0.3) is 17.7 Å². The van der Waals surface area contributed by atoms with Crippen LogP contribution < -0.4 is 14.4 Å². The summed E-state index contributed by atoms with van der Waals surface area (Å²) < 4.78 is 11.8. The van der Waals surface area contributed by atoms with E-state index in [1.165, 1.54) is 23.0 Å². The van der Waals surface area contributed by atoms with Gasteiger partial charge < -0.3 is 14.4 Å². The van der Waals surface area contributed by atoms with Crippen LogP contribution in [0.15, 0.2) is 77.3 Å². The summed E-state index contributed by atoms with van der Waals surface area (Å²) in [5.74, 6) is -0.184.